The number of allylic oxidation sites excluding steroid dienone is 1. The molecule has 1 aromatic heterocycles. The maximum atomic E-state index is 12.8. The van der Waals surface area contributed by atoms with Crippen LogP contribution < -0.4 is 0 Å². The average molecular weight is 272 g/mol. The van der Waals surface area contributed by atoms with E-state index < -0.39 is 11.9 Å². The summed E-state index contributed by atoms with van der Waals surface area (Å²) >= 11 is 5.21. The fourth-order valence-electron chi connectivity index (χ4n) is 1.88. The predicted molar refractivity (Wildman–Crippen MR) is 66.7 cm³/mol. The molecule has 0 amide bonds. The van der Waals surface area contributed by atoms with Crippen LogP contribution in [0.2, 0.25) is 0 Å². The molecule has 2 rings (SSSR count). The summed E-state index contributed by atoms with van der Waals surface area (Å²) in [6.07, 6.45) is -2.62. The summed E-state index contributed by atoms with van der Waals surface area (Å²) in [6, 6.07) is 7.40. The first kappa shape index (κ1) is 12.9. The second kappa shape index (κ2) is 4.97. The molecule has 0 N–H and O–H groups in total. The van der Waals surface area contributed by atoms with Crippen molar-refractivity contribution in [3.63, 3.8) is 0 Å². The van der Waals surface area contributed by atoms with E-state index in [9.17, 15) is 13.2 Å². The first-order chi connectivity index (χ1) is 8.52. The Labute approximate surface area is 107 Å². The first-order valence-corrected chi connectivity index (χ1v) is 5.77. The highest BCUT2D eigenvalue weighted by Gasteiger charge is 2.10. The number of hydrogen-bond acceptors (Lipinski definition) is 1. The second-order valence-electron chi connectivity index (χ2n) is 3.90. The molecule has 0 fully saturated rings. The number of halogens is 3. The second-order valence-corrected chi connectivity index (χ2v) is 4.26. The van der Waals surface area contributed by atoms with Crippen LogP contribution in [0.1, 0.15) is 6.42 Å². The maximum Gasteiger partial charge on any atom is 0.301 e. The van der Waals surface area contributed by atoms with E-state index in [2.05, 4.69) is 0 Å². The van der Waals surface area contributed by atoms with Gasteiger partial charge < -0.3 is 9.13 Å². The smallest absolute Gasteiger partial charge is 0.301 e. The van der Waals surface area contributed by atoms with Gasteiger partial charge in [-0.3, -0.25) is 0 Å². The van der Waals surface area contributed by atoms with E-state index in [-0.39, 0.29) is 13.0 Å². The van der Waals surface area contributed by atoms with Gasteiger partial charge in [0.25, 0.3) is 0 Å². The zero-order valence-electron chi connectivity index (χ0n) is 9.66. The highest BCUT2D eigenvalue weighted by Crippen LogP contribution is 2.20. The number of benzene rings is 1. The third-order valence-corrected chi connectivity index (χ3v) is 3.31. The minimum Gasteiger partial charge on any atom is -0.320 e. The Morgan fingerprint density at radius 3 is 2.39 bits per heavy atom. The lowest BCUT2D eigenvalue weighted by Crippen LogP contribution is -1.99. The van der Waals surface area contributed by atoms with Crippen molar-refractivity contribution in [2.45, 2.75) is 13.0 Å². The summed E-state index contributed by atoms with van der Waals surface area (Å²) in [4.78, 5) is 0. The van der Waals surface area contributed by atoms with Crippen LogP contribution in [-0.2, 0) is 13.6 Å². The topological polar surface area (TPSA) is 9.86 Å². The van der Waals surface area contributed by atoms with E-state index in [0.717, 1.165) is 11.0 Å². The van der Waals surface area contributed by atoms with Gasteiger partial charge in [-0.1, -0.05) is 12.1 Å². The van der Waals surface area contributed by atoms with E-state index in [1.807, 2.05) is 24.3 Å². The average Bonchev–Trinajstić information content (AvgIpc) is 2.60. The van der Waals surface area contributed by atoms with Crippen LogP contribution in [0.3, 0.4) is 0 Å². The summed E-state index contributed by atoms with van der Waals surface area (Å²) in [6.45, 7) is 0.101. The Morgan fingerprint density at radius 1 is 1.17 bits per heavy atom. The van der Waals surface area contributed by atoms with Crippen LogP contribution in [0.4, 0.5) is 13.2 Å². The lowest BCUT2D eigenvalue weighted by atomic mass is 10.3. The van der Waals surface area contributed by atoms with Gasteiger partial charge in [0.05, 0.1) is 11.0 Å². The Balaban J connectivity index is 2.43. The summed E-state index contributed by atoms with van der Waals surface area (Å²) in [5, 5.41) is 0. The van der Waals surface area contributed by atoms with E-state index in [1.54, 1.807) is 16.2 Å². The van der Waals surface area contributed by atoms with Crippen molar-refractivity contribution in [2.75, 3.05) is 0 Å². The number of aromatic nitrogens is 2. The molecule has 6 heteroatoms. The summed E-state index contributed by atoms with van der Waals surface area (Å²) < 4.78 is 40.8. The number of hydrogen-bond donors (Lipinski definition) is 0. The van der Waals surface area contributed by atoms with E-state index in [1.165, 1.54) is 0 Å². The third-order valence-electron chi connectivity index (χ3n) is 2.81. The van der Waals surface area contributed by atoms with Gasteiger partial charge in [-0.15, -0.1) is 0 Å². The molecule has 0 unspecified atom stereocenters. The highest BCUT2D eigenvalue weighted by atomic mass is 32.1. The van der Waals surface area contributed by atoms with Gasteiger partial charge in [0.1, 0.15) is 0 Å². The number of aryl methyl sites for hydroxylation is 2. The summed E-state index contributed by atoms with van der Waals surface area (Å²) in [5.41, 5.74) is 1.71. The Kier molecular flexibility index (Phi) is 3.56. The van der Waals surface area contributed by atoms with Gasteiger partial charge in [0.2, 0.25) is 0 Å². The van der Waals surface area contributed by atoms with Crippen molar-refractivity contribution in [3.8, 4) is 0 Å². The SMILES string of the molecule is Cn1c(=S)n(CCC(F)=C(F)F)c2ccccc21. The van der Waals surface area contributed by atoms with Crippen LogP contribution in [0.25, 0.3) is 11.0 Å². The molecule has 1 aromatic carbocycles. The number of fused-ring (bicyclic) bond motifs is 1. The largest absolute Gasteiger partial charge is 0.320 e. The van der Waals surface area contributed by atoms with Crippen LogP contribution in [0.15, 0.2) is 36.2 Å². The Morgan fingerprint density at radius 2 is 1.78 bits per heavy atom. The van der Waals surface area contributed by atoms with Crippen LogP contribution in [0.5, 0.6) is 0 Å². The molecule has 0 atom stereocenters. The van der Waals surface area contributed by atoms with E-state index in [0.29, 0.717) is 4.77 Å². The quantitative estimate of drug-likeness (QED) is 0.762. The van der Waals surface area contributed by atoms with Crippen LogP contribution >= 0.6 is 12.2 Å². The number of nitrogens with zero attached hydrogens (tertiary/aromatic N) is 2. The standard InChI is InChI=1S/C12H11F3N2S/c1-16-9-4-2-3-5-10(9)17(12(16)18)7-6-8(13)11(14)15/h2-5H,6-7H2,1H3. The maximum absolute atomic E-state index is 12.8. The lowest BCUT2D eigenvalue weighted by Gasteiger charge is -2.02. The Hall–Kier alpha value is -1.56. The van der Waals surface area contributed by atoms with E-state index >= 15 is 0 Å². The normalized spacial score (nSPS) is 10.9. The fourth-order valence-corrected chi connectivity index (χ4v) is 2.17. The molecule has 0 saturated carbocycles. The predicted octanol–water partition coefficient (Wildman–Crippen LogP) is 4.18. The molecule has 2 aromatic rings. The molecule has 96 valence electrons. The monoisotopic (exact) mass is 272 g/mol. The highest BCUT2D eigenvalue weighted by molar-refractivity contribution is 7.71. The molecule has 0 bridgehead atoms. The molecule has 0 aliphatic rings. The van der Waals surface area contributed by atoms with Gasteiger partial charge in [0, 0.05) is 20.0 Å². The fraction of sp³-hybridized carbons (Fsp3) is 0.250. The van der Waals surface area contributed by atoms with Crippen LogP contribution in [0, 0.1) is 4.77 Å². The van der Waals surface area contributed by atoms with Crippen LogP contribution in [-0.4, -0.2) is 9.13 Å². The summed E-state index contributed by atoms with van der Waals surface area (Å²) in [5.74, 6) is -1.38. The van der Waals surface area contributed by atoms with Crippen molar-refractivity contribution < 1.29 is 13.2 Å². The lowest BCUT2D eigenvalue weighted by molar-refractivity contribution is 0.366. The molecule has 1 heterocycles. The molecular formula is C12H11F3N2S. The van der Waals surface area contributed by atoms with Gasteiger partial charge in [-0.2, -0.15) is 8.78 Å². The van der Waals surface area contributed by atoms with Crippen molar-refractivity contribution in [3.05, 3.63) is 40.9 Å². The van der Waals surface area contributed by atoms with Crippen molar-refractivity contribution >= 4 is 23.3 Å². The molecule has 0 saturated heterocycles. The Bertz CT molecular complexity index is 666. The minimum absolute atomic E-state index is 0.101. The number of rotatable bonds is 3. The van der Waals surface area contributed by atoms with Gasteiger partial charge in [-0.25, -0.2) is 4.39 Å². The first-order valence-electron chi connectivity index (χ1n) is 5.36. The van der Waals surface area contributed by atoms with Gasteiger partial charge in [-0.05, 0) is 24.4 Å². The summed E-state index contributed by atoms with van der Waals surface area (Å²) in [7, 11) is 1.79. The number of para-hydroxylation sites is 2. The molecule has 0 spiro atoms. The molecule has 0 aliphatic carbocycles. The third kappa shape index (κ3) is 2.20. The van der Waals surface area contributed by atoms with Gasteiger partial charge in [0.15, 0.2) is 10.6 Å². The zero-order valence-corrected chi connectivity index (χ0v) is 10.5. The molecule has 0 radical (unpaired) electrons. The molecular weight excluding hydrogens is 261 g/mol. The zero-order chi connectivity index (χ0) is 13.3. The van der Waals surface area contributed by atoms with E-state index in [4.69, 9.17) is 12.2 Å². The molecule has 18 heavy (non-hydrogen) atoms. The molecule has 0 aliphatic heterocycles. The molecule has 2 nitrogen and oxygen atoms in total. The minimum atomic E-state index is -2.26. The van der Waals surface area contributed by atoms with Crippen molar-refractivity contribution in [1.82, 2.24) is 9.13 Å². The van der Waals surface area contributed by atoms with Crippen molar-refractivity contribution in [2.24, 2.45) is 7.05 Å². The van der Waals surface area contributed by atoms with Gasteiger partial charge >= 0.3 is 6.08 Å². The van der Waals surface area contributed by atoms with Crippen molar-refractivity contribution in [1.29, 1.82) is 0 Å². The number of imidazole rings is 1.